The highest BCUT2D eigenvalue weighted by atomic mass is 16.5. The lowest BCUT2D eigenvalue weighted by Gasteiger charge is -2.17. The molecule has 6 nitrogen and oxygen atoms in total. The maximum absolute atomic E-state index is 12.3. The molecule has 0 fully saturated rings. The molecule has 0 saturated heterocycles. The predicted octanol–water partition coefficient (Wildman–Crippen LogP) is 3.90. The second-order valence-corrected chi connectivity index (χ2v) is 7.86. The van der Waals surface area contributed by atoms with Crippen LogP contribution in [0.1, 0.15) is 37.6 Å². The fourth-order valence-electron chi connectivity index (χ4n) is 2.70. The molecule has 0 aliphatic carbocycles. The van der Waals surface area contributed by atoms with E-state index in [2.05, 4.69) is 34.2 Å². The summed E-state index contributed by atoms with van der Waals surface area (Å²) < 4.78 is 7.21. The Morgan fingerprint density at radius 2 is 1.85 bits per heavy atom. The standard InChI is InChI=1S/C21H25N3O3/c1-13-6-8-15(9-7-13)10-11-24-12-22-18-16(19(24)25)17(14(2)23-18)27-20(26)21(3,4)5/h6-9,12,25H,10-11H2,1-5H3. The van der Waals surface area contributed by atoms with Gasteiger partial charge in [-0.2, -0.15) is 0 Å². The summed E-state index contributed by atoms with van der Waals surface area (Å²) in [5.41, 5.74) is 2.62. The summed E-state index contributed by atoms with van der Waals surface area (Å²) >= 11 is 0. The lowest BCUT2D eigenvalue weighted by Crippen LogP contribution is -2.25. The van der Waals surface area contributed by atoms with Crippen molar-refractivity contribution in [2.24, 2.45) is 5.41 Å². The number of aromatic hydroxyl groups is 1. The first-order valence-electron chi connectivity index (χ1n) is 8.99. The molecular weight excluding hydrogens is 342 g/mol. The van der Waals surface area contributed by atoms with Gasteiger partial charge in [-0.15, -0.1) is 0 Å². The summed E-state index contributed by atoms with van der Waals surface area (Å²) in [6, 6.07) is 8.28. The van der Waals surface area contributed by atoms with E-state index in [9.17, 15) is 9.90 Å². The maximum Gasteiger partial charge on any atom is 0.316 e. The van der Waals surface area contributed by atoms with Crippen LogP contribution >= 0.6 is 0 Å². The number of fused-ring (bicyclic) bond motifs is 1. The van der Waals surface area contributed by atoms with Gasteiger partial charge in [-0.05, 0) is 46.6 Å². The SMILES string of the molecule is Cc1ccc(CCn2cnc3nc(C)c(OC(=O)C(C)(C)C)c-3c2O)cc1. The van der Waals surface area contributed by atoms with Crippen LogP contribution in [0.2, 0.25) is 0 Å². The van der Waals surface area contributed by atoms with Crippen LogP contribution in [0.3, 0.4) is 0 Å². The fraction of sp³-hybridized carbons (Fsp3) is 0.381. The molecule has 0 bridgehead atoms. The minimum absolute atomic E-state index is 0.00409. The van der Waals surface area contributed by atoms with Crippen molar-refractivity contribution in [1.29, 1.82) is 0 Å². The van der Waals surface area contributed by atoms with E-state index < -0.39 is 5.41 Å². The molecule has 2 aliphatic rings. The Hall–Kier alpha value is -2.89. The Labute approximate surface area is 159 Å². The van der Waals surface area contributed by atoms with E-state index in [0.717, 1.165) is 6.42 Å². The van der Waals surface area contributed by atoms with Crippen LogP contribution in [-0.4, -0.2) is 25.6 Å². The molecule has 0 radical (unpaired) electrons. The van der Waals surface area contributed by atoms with Crippen molar-refractivity contribution in [3.63, 3.8) is 0 Å². The third-order valence-corrected chi connectivity index (χ3v) is 4.44. The normalized spacial score (nSPS) is 11.7. The van der Waals surface area contributed by atoms with Gasteiger partial charge in [0.25, 0.3) is 0 Å². The number of nitrogens with zero attached hydrogens (tertiary/aromatic N) is 3. The zero-order chi connectivity index (χ0) is 19.8. The van der Waals surface area contributed by atoms with Crippen molar-refractivity contribution in [3.05, 3.63) is 47.4 Å². The van der Waals surface area contributed by atoms with Gasteiger partial charge < -0.3 is 14.4 Å². The van der Waals surface area contributed by atoms with E-state index in [4.69, 9.17) is 4.74 Å². The molecule has 0 atom stereocenters. The second kappa shape index (κ2) is 7.02. The molecule has 2 aliphatic heterocycles. The average Bonchev–Trinajstić information content (AvgIpc) is 2.91. The molecule has 0 amide bonds. The third-order valence-electron chi connectivity index (χ3n) is 4.44. The monoisotopic (exact) mass is 367 g/mol. The smallest absolute Gasteiger partial charge is 0.316 e. The van der Waals surface area contributed by atoms with Gasteiger partial charge in [0.05, 0.1) is 17.4 Å². The number of esters is 1. The highest BCUT2D eigenvalue weighted by Crippen LogP contribution is 2.41. The lowest BCUT2D eigenvalue weighted by molar-refractivity contribution is -0.143. The molecule has 0 spiro atoms. The van der Waals surface area contributed by atoms with Crippen LogP contribution in [-0.2, 0) is 17.8 Å². The summed E-state index contributed by atoms with van der Waals surface area (Å²) in [6.07, 6.45) is 2.31. The number of carbonyl (C=O) groups is 1. The summed E-state index contributed by atoms with van der Waals surface area (Å²) in [7, 11) is 0. The number of aryl methyl sites for hydroxylation is 4. The van der Waals surface area contributed by atoms with Gasteiger partial charge in [0.2, 0.25) is 5.88 Å². The number of benzene rings is 1. The van der Waals surface area contributed by atoms with Gasteiger partial charge in [0, 0.05) is 6.54 Å². The maximum atomic E-state index is 12.3. The van der Waals surface area contributed by atoms with Crippen LogP contribution < -0.4 is 4.74 Å². The van der Waals surface area contributed by atoms with Gasteiger partial charge in [0.15, 0.2) is 11.6 Å². The molecule has 6 heteroatoms. The largest absolute Gasteiger partial charge is 0.494 e. The number of rotatable bonds is 4. The average molecular weight is 367 g/mol. The van der Waals surface area contributed by atoms with E-state index in [-0.39, 0.29) is 17.6 Å². The first kappa shape index (κ1) is 18.9. The van der Waals surface area contributed by atoms with Crippen LogP contribution in [0.25, 0.3) is 11.4 Å². The summed E-state index contributed by atoms with van der Waals surface area (Å²) in [5.74, 6) is 0.270. The second-order valence-electron chi connectivity index (χ2n) is 7.86. The van der Waals surface area contributed by atoms with E-state index in [1.54, 1.807) is 38.6 Å². The van der Waals surface area contributed by atoms with Crippen LogP contribution in [0.5, 0.6) is 11.6 Å². The van der Waals surface area contributed by atoms with Gasteiger partial charge in [-0.1, -0.05) is 29.8 Å². The number of hydrogen-bond acceptors (Lipinski definition) is 5. The minimum atomic E-state index is -0.657. The quantitative estimate of drug-likeness (QED) is 0.708. The predicted molar refractivity (Wildman–Crippen MR) is 103 cm³/mol. The minimum Gasteiger partial charge on any atom is -0.494 e. The Bertz CT molecular complexity index is 937. The fourth-order valence-corrected chi connectivity index (χ4v) is 2.70. The molecule has 1 N–H and O–H groups in total. The van der Waals surface area contributed by atoms with Crippen molar-refractivity contribution in [3.8, 4) is 23.0 Å². The molecule has 2 heterocycles. The summed E-state index contributed by atoms with van der Waals surface area (Å²) in [4.78, 5) is 20.9. The van der Waals surface area contributed by atoms with Gasteiger partial charge >= 0.3 is 5.97 Å². The number of hydrogen-bond donors (Lipinski definition) is 1. The summed E-state index contributed by atoms with van der Waals surface area (Å²) in [5, 5.41) is 10.8. The Morgan fingerprint density at radius 3 is 2.48 bits per heavy atom. The van der Waals surface area contributed by atoms with Crippen LogP contribution in [0.15, 0.2) is 30.6 Å². The van der Waals surface area contributed by atoms with Crippen molar-refractivity contribution >= 4 is 5.97 Å². The van der Waals surface area contributed by atoms with Crippen molar-refractivity contribution in [2.75, 3.05) is 0 Å². The first-order chi connectivity index (χ1) is 12.7. The molecule has 1 aromatic rings. The highest BCUT2D eigenvalue weighted by molar-refractivity contribution is 5.83. The molecular formula is C21H25N3O3. The zero-order valence-electron chi connectivity index (χ0n) is 16.4. The molecule has 3 rings (SSSR count). The Kier molecular flexibility index (Phi) is 4.91. The molecule has 0 saturated carbocycles. The molecule has 0 unspecified atom stereocenters. The topological polar surface area (TPSA) is 77.2 Å². The zero-order valence-corrected chi connectivity index (χ0v) is 16.4. The van der Waals surface area contributed by atoms with E-state index >= 15 is 0 Å². The summed E-state index contributed by atoms with van der Waals surface area (Å²) in [6.45, 7) is 9.68. The number of ether oxygens (including phenoxy) is 1. The highest BCUT2D eigenvalue weighted by Gasteiger charge is 2.30. The van der Waals surface area contributed by atoms with Gasteiger partial charge in [-0.25, -0.2) is 9.97 Å². The Morgan fingerprint density at radius 1 is 1.19 bits per heavy atom. The van der Waals surface area contributed by atoms with E-state index in [1.165, 1.54) is 11.1 Å². The van der Waals surface area contributed by atoms with E-state index in [0.29, 0.717) is 23.6 Å². The van der Waals surface area contributed by atoms with Crippen molar-refractivity contribution in [2.45, 2.75) is 47.6 Å². The van der Waals surface area contributed by atoms with Crippen molar-refractivity contribution < 1.29 is 14.6 Å². The van der Waals surface area contributed by atoms with E-state index in [1.807, 2.05) is 6.92 Å². The third kappa shape index (κ3) is 3.94. The van der Waals surface area contributed by atoms with Crippen LogP contribution in [0.4, 0.5) is 0 Å². The molecule has 1 aromatic carbocycles. The van der Waals surface area contributed by atoms with Gasteiger partial charge in [0.1, 0.15) is 5.56 Å². The molecule has 0 aromatic heterocycles. The molecule has 142 valence electrons. The van der Waals surface area contributed by atoms with Crippen molar-refractivity contribution in [1.82, 2.24) is 14.5 Å². The number of carbonyl (C=O) groups excluding carboxylic acids is 1. The number of aromatic nitrogens is 3. The lowest BCUT2D eigenvalue weighted by atomic mass is 9.97. The van der Waals surface area contributed by atoms with Gasteiger partial charge in [-0.3, -0.25) is 4.79 Å². The Balaban J connectivity index is 1.90. The van der Waals surface area contributed by atoms with Crippen LogP contribution in [0, 0.1) is 19.3 Å². The molecule has 27 heavy (non-hydrogen) atoms. The first-order valence-corrected chi connectivity index (χ1v) is 8.99.